The molecule has 9 heteroatoms. The average molecular weight is 589 g/mol. The van der Waals surface area contributed by atoms with Crippen molar-refractivity contribution >= 4 is 46.5 Å². The molecular weight excluding hydrogens is 549 g/mol. The first kappa shape index (κ1) is 29.0. The number of piperazine rings is 1. The summed E-state index contributed by atoms with van der Waals surface area (Å²) in [5.74, 6) is 0.926. The normalized spacial score (nSPS) is 21.7. The minimum atomic E-state index is -0.183. The Morgan fingerprint density at radius 2 is 1.85 bits per heavy atom. The maximum absolute atomic E-state index is 13.1. The van der Waals surface area contributed by atoms with E-state index < -0.39 is 0 Å². The molecule has 0 bridgehead atoms. The number of halogens is 2. The van der Waals surface area contributed by atoms with E-state index in [0.29, 0.717) is 35.4 Å². The first-order valence-corrected chi connectivity index (χ1v) is 15.3. The summed E-state index contributed by atoms with van der Waals surface area (Å²) >= 11 is 12.6. The van der Waals surface area contributed by atoms with Gasteiger partial charge < -0.3 is 14.4 Å². The van der Waals surface area contributed by atoms with Crippen LogP contribution >= 0.6 is 23.2 Å². The van der Waals surface area contributed by atoms with Crippen molar-refractivity contribution in [2.45, 2.75) is 51.9 Å². The SMILES string of the molecule is CCOc1ccc2c(c1)N(COC(=O)C1CCCC(CCN3CCN(c4cccc(Cl)c4Cl)CC3)C1)C(=O)CC2. The number of rotatable bonds is 9. The predicted octanol–water partition coefficient (Wildman–Crippen LogP) is 6.19. The summed E-state index contributed by atoms with van der Waals surface area (Å²) < 4.78 is 11.4. The second-order valence-corrected chi connectivity index (χ2v) is 11.8. The van der Waals surface area contributed by atoms with Gasteiger partial charge in [-0.1, -0.05) is 48.2 Å². The van der Waals surface area contributed by atoms with Crippen LogP contribution in [0, 0.1) is 11.8 Å². The van der Waals surface area contributed by atoms with Gasteiger partial charge in [-0.25, -0.2) is 0 Å². The summed E-state index contributed by atoms with van der Waals surface area (Å²) in [7, 11) is 0. The van der Waals surface area contributed by atoms with Gasteiger partial charge in [0.05, 0.1) is 33.9 Å². The topological polar surface area (TPSA) is 62.3 Å². The molecule has 1 amide bonds. The van der Waals surface area contributed by atoms with Gasteiger partial charge in [0.2, 0.25) is 5.91 Å². The van der Waals surface area contributed by atoms with Crippen molar-refractivity contribution in [3.8, 4) is 5.75 Å². The van der Waals surface area contributed by atoms with Crippen LogP contribution in [0.5, 0.6) is 5.75 Å². The van der Waals surface area contributed by atoms with Gasteiger partial charge in [-0.15, -0.1) is 0 Å². The number of hydrogen-bond acceptors (Lipinski definition) is 6. The Balaban J connectivity index is 1.08. The van der Waals surface area contributed by atoms with Crippen molar-refractivity contribution in [1.82, 2.24) is 4.90 Å². The van der Waals surface area contributed by atoms with Crippen LogP contribution in [-0.4, -0.2) is 62.8 Å². The zero-order chi connectivity index (χ0) is 28.1. The van der Waals surface area contributed by atoms with Crippen molar-refractivity contribution in [2.75, 3.05) is 55.9 Å². The van der Waals surface area contributed by atoms with Crippen LogP contribution in [0.2, 0.25) is 10.0 Å². The molecule has 1 saturated heterocycles. The van der Waals surface area contributed by atoms with Crippen LogP contribution in [0.4, 0.5) is 11.4 Å². The highest BCUT2D eigenvalue weighted by atomic mass is 35.5. The van der Waals surface area contributed by atoms with Gasteiger partial charge in [0, 0.05) is 38.7 Å². The van der Waals surface area contributed by atoms with E-state index in [0.717, 1.165) is 87.5 Å². The Labute approximate surface area is 247 Å². The van der Waals surface area contributed by atoms with E-state index in [2.05, 4.69) is 9.80 Å². The van der Waals surface area contributed by atoms with Gasteiger partial charge in [-0.2, -0.15) is 0 Å². The summed E-state index contributed by atoms with van der Waals surface area (Å²) in [6.07, 6.45) is 6.10. The van der Waals surface area contributed by atoms with Crippen molar-refractivity contribution in [3.63, 3.8) is 0 Å². The zero-order valence-electron chi connectivity index (χ0n) is 23.2. The van der Waals surface area contributed by atoms with E-state index in [1.54, 1.807) is 4.90 Å². The number of nitrogens with zero attached hydrogens (tertiary/aromatic N) is 3. The molecule has 2 aromatic carbocycles. The number of carbonyl (C=O) groups is 2. The summed E-state index contributed by atoms with van der Waals surface area (Å²) in [6, 6.07) is 11.6. The van der Waals surface area contributed by atoms with Gasteiger partial charge in [-0.3, -0.25) is 19.4 Å². The molecule has 2 atom stereocenters. The quantitative estimate of drug-likeness (QED) is 0.326. The lowest BCUT2D eigenvalue weighted by molar-refractivity contribution is -0.150. The monoisotopic (exact) mass is 587 g/mol. The molecule has 0 spiro atoms. The van der Waals surface area contributed by atoms with Crippen molar-refractivity contribution in [2.24, 2.45) is 11.8 Å². The van der Waals surface area contributed by atoms with E-state index in [1.807, 2.05) is 43.3 Å². The molecule has 0 radical (unpaired) electrons. The molecule has 2 aromatic rings. The maximum Gasteiger partial charge on any atom is 0.310 e. The molecular formula is C31H39Cl2N3O4. The molecule has 0 N–H and O–H groups in total. The summed E-state index contributed by atoms with van der Waals surface area (Å²) in [5, 5.41) is 1.22. The standard InChI is InChI=1S/C31H39Cl2N3O4/c1-2-39-25-11-9-23-10-12-29(37)36(28(23)20-25)21-40-31(38)24-6-3-5-22(19-24)13-14-34-15-17-35(18-16-34)27-8-4-7-26(32)30(27)33/h4,7-9,11,20,22,24H,2-3,5-6,10,12-19,21H2,1H3. The highest BCUT2D eigenvalue weighted by Crippen LogP contribution is 2.35. The van der Waals surface area contributed by atoms with Gasteiger partial charge in [0.1, 0.15) is 5.75 Å². The van der Waals surface area contributed by atoms with Crippen molar-refractivity contribution < 1.29 is 19.1 Å². The molecule has 1 saturated carbocycles. The average Bonchev–Trinajstić information content (AvgIpc) is 2.97. The van der Waals surface area contributed by atoms with Crippen LogP contribution in [0.1, 0.15) is 51.0 Å². The largest absolute Gasteiger partial charge is 0.494 e. The number of aryl methyl sites for hydroxylation is 1. The Kier molecular flexibility index (Phi) is 9.76. The summed E-state index contributed by atoms with van der Waals surface area (Å²) in [6.45, 7) is 7.29. The van der Waals surface area contributed by atoms with Gasteiger partial charge in [0.25, 0.3) is 0 Å². The lowest BCUT2D eigenvalue weighted by Gasteiger charge is -2.37. The summed E-state index contributed by atoms with van der Waals surface area (Å²) in [4.78, 5) is 32.2. The number of hydrogen-bond donors (Lipinski definition) is 0. The van der Waals surface area contributed by atoms with Gasteiger partial charge in [-0.05, 0) is 68.8 Å². The van der Waals surface area contributed by atoms with Crippen molar-refractivity contribution in [1.29, 1.82) is 0 Å². The molecule has 0 aromatic heterocycles. The second kappa shape index (κ2) is 13.5. The number of anilines is 2. The Morgan fingerprint density at radius 3 is 2.65 bits per heavy atom. The predicted molar refractivity (Wildman–Crippen MR) is 160 cm³/mol. The van der Waals surface area contributed by atoms with E-state index >= 15 is 0 Å². The fraction of sp³-hybridized carbons (Fsp3) is 0.548. The molecule has 5 rings (SSSR count). The minimum absolute atomic E-state index is 0.0202. The number of benzene rings is 2. The first-order chi connectivity index (χ1) is 19.4. The number of ether oxygens (including phenoxy) is 2. The van der Waals surface area contributed by atoms with Crippen LogP contribution in [-0.2, 0) is 20.7 Å². The van der Waals surface area contributed by atoms with E-state index in [-0.39, 0.29) is 24.5 Å². The second-order valence-electron chi connectivity index (χ2n) is 11.1. The van der Waals surface area contributed by atoms with Gasteiger partial charge in [0.15, 0.2) is 6.73 Å². The molecule has 3 aliphatic rings. The number of fused-ring (bicyclic) bond motifs is 1. The highest BCUT2D eigenvalue weighted by molar-refractivity contribution is 6.43. The third-order valence-corrected chi connectivity index (χ3v) is 9.33. The molecule has 2 unspecified atom stereocenters. The Morgan fingerprint density at radius 1 is 1.02 bits per heavy atom. The maximum atomic E-state index is 13.1. The Bertz CT molecular complexity index is 1200. The van der Waals surface area contributed by atoms with E-state index in [4.69, 9.17) is 32.7 Å². The fourth-order valence-electron chi connectivity index (χ4n) is 6.24. The van der Waals surface area contributed by atoms with Crippen LogP contribution < -0.4 is 14.5 Å². The minimum Gasteiger partial charge on any atom is -0.494 e. The van der Waals surface area contributed by atoms with Crippen LogP contribution in [0.25, 0.3) is 0 Å². The molecule has 40 heavy (non-hydrogen) atoms. The zero-order valence-corrected chi connectivity index (χ0v) is 24.8. The Hall–Kier alpha value is -2.48. The summed E-state index contributed by atoms with van der Waals surface area (Å²) in [5.41, 5.74) is 2.87. The van der Waals surface area contributed by atoms with Crippen LogP contribution in [0.3, 0.4) is 0 Å². The van der Waals surface area contributed by atoms with Crippen LogP contribution in [0.15, 0.2) is 36.4 Å². The van der Waals surface area contributed by atoms with E-state index in [1.165, 1.54) is 0 Å². The van der Waals surface area contributed by atoms with Gasteiger partial charge >= 0.3 is 5.97 Å². The molecule has 1 aliphatic carbocycles. The number of carbonyl (C=O) groups excluding carboxylic acids is 2. The lowest BCUT2D eigenvalue weighted by atomic mass is 9.80. The number of amides is 1. The smallest absolute Gasteiger partial charge is 0.310 e. The number of esters is 1. The lowest BCUT2D eigenvalue weighted by Crippen LogP contribution is -2.47. The third-order valence-electron chi connectivity index (χ3n) is 8.52. The fourth-order valence-corrected chi connectivity index (χ4v) is 6.66. The molecule has 2 heterocycles. The molecule has 216 valence electrons. The third kappa shape index (κ3) is 6.87. The highest BCUT2D eigenvalue weighted by Gasteiger charge is 2.31. The molecule has 2 aliphatic heterocycles. The first-order valence-electron chi connectivity index (χ1n) is 14.6. The van der Waals surface area contributed by atoms with Crippen molar-refractivity contribution in [3.05, 3.63) is 52.0 Å². The molecule has 7 nitrogen and oxygen atoms in total. The van der Waals surface area contributed by atoms with E-state index in [9.17, 15) is 9.59 Å². The molecule has 2 fully saturated rings.